The molecule has 4 rings (SSSR count). The lowest BCUT2D eigenvalue weighted by Crippen LogP contribution is -2.42. The molecule has 0 aliphatic carbocycles. The van der Waals surface area contributed by atoms with Gasteiger partial charge in [-0.25, -0.2) is 0 Å². The van der Waals surface area contributed by atoms with Crippen LogP contribution in [0, 0.1) is 11.3 Å². The molecule has 2 saturated heterocycles. The Hall–Kier alpha value is -3.46. The molecule has 2 heterocycles. The van der Waals surface area contributed by atoms with Gasteiger partial charge in [-0.3, -0.25) is 4.79 Å². The first kappa shape index (κ1) is 24.7. The summed E-state index contributed by atoms with van der Waals surface area (Å²) in [6.07, 6.45) is -12.1. The zero-order valence-electron chi connectivity index (χ0n) is 18.1. The fourth-order valence-corrected chi connectivity index (χ4v) is 4.08. The van der Waals surface area contributed by atoms with Crippen LogP contribution in [0.4, 0.5) is 37.7 Å². The highest BCUT2D eigenvalue weighted by Gasteiger charge is 2.51. The van der Waals surface area contributed by atoms with E-state index >= 15 is 0 Å². The van der Waals surface area contributed by atoms with Crippen LogP contribution in [-0.4, -0.2) is 44.1 Å². The Morgan fingerprint density at radius 2 is 1.74 bits per heavy atom. The maximum absolute atomic E-state index is 13.6. The van der Waals surface area contributed by atoms with E-state index < -0.39 is 35.8 Å². The summed E-state index contributed by atoms with van der Waals surface area (Å²) in [5.41, 5.74) is -1.71. The number of hydrogen-bond acceptors (Lipinski definition) is 5. The zero-order chi connectivity index (χ0) is 25.4. The number of benzene rings is 2. The molecule has 0 N–H and O–H groups in total. The van der Waals surface area contributed by atoms with Crippen LogP contribution in [0.15, 0.2) is 42.5 Å². The molecule has 2 aliphatic heterocycles. The van der Waals surface area contributed by atoms with E-state index in [1.54, 1.807) is 29.2 Å². The summed E-state index contributed by atoms with van der Waals surface area (Å²) in [5, 5.41) is 8.93. The van der Waals surface area contributed by atoms with Crippen molar-refractivity contribution in [3.63, 3.8) is 0 Å². The van der Waals surface area contributed by atoms with Gasteiger partial charge >= 0.3 is 12.4 Å². The topological polar surface area (TPSA) is 65.8 Å². The summed E-state index contributed by atoms with van der Waals surface area (Å²) in [7, 11) is 0. The molecule has 35 heavy (non-hydrogen) atoms. The van der Waals surface area contributed by atoms with Crippen LogP contribution in [0.1, 0.15) is 24.0 Å². The van der Waals surface area contributed by atoms with Crippen LogP contribution < -0.4 is 14.5 Å². The van der Waals surface area contributed by atoms with Crippen molar-refractivity contribution < 1.29 is 40.6 Å². The van der Waals surface area contributed by atoms with Crippen molar-refractivity contribution in [1.82, 2.24) is 0 Å². The van der Waals surface area contributed by atoms with Gasteiger partial charge in [-0.15, -0.1) is 0 Å². The molecule has 2 fully saturated rings. The fraction of sp³-hybridized carbons (Fsp3) is 0.391. The van der Waals surface area contributed by atoms with Gasteiger partial charge in [0.05, 0.1) is 23.7 Å². The van der Waals surface area contributed by atoms with Crippen molar-refractivity contribution in [2.45, 2.75) is 37.5 Å². The van der Waals surface area contributed by atoms with E-state index in [0.717, 1.165) is 18.6 Å². The molecule has 2 aliphatic rings. The molecule has 0 unspecified atom stereocenters. The second kappa shape index (κ2) is 9.30. The number of rotatable bonds is 5. The second-order valence-corrected chi connectivity index (χ2v) is 8.10. The Kier molecular flexibility index (Phi) is 6.55. The highest BCUT2D eigenvalue weighted by molar-refractivity contribution is 5.95. The van der Waals surface area contributed by atoms with Crippen molar-refractivity contribution >= 4 is 17.3 Å². The van der Waals surface area contributed by atoms with Gasteiger partial charge in [0.2, 0.25) is 12.1 Å². The van der Waals surface area contributed by atoms with E-state index in [1.807, 2.05) is 0 Å². The molecule has 2 aromatic carbocycles. The van der Waals surface area contributed by atoms with Crippen LogP contribution in [-0.2, 0) is 15.7 Å². The first-order valence-electron chi connectivity index (χ1n) is 10.6. The second-order valence-electron chi connectivity index (χ2n) is 8.10. The number of anilines is 2. The predicted octanol–water partition coefficient (Wildman–Crippen LogP) is 4.88. The first-order chi connectivity index (χ1) is 16.5. The van der Waals surface area contributed by atoms with Crippen LogP contribution in [0.3, 0.4) is 0 Å². The highest BCUT2D eigenvalue weighted by Crippen LogP contribution is 2.39. The monoisotopic (exact) mass is 499 g/mol. The molecule has 186 valence electrons. The molecular formula is C23H19F6N3O3. The van der Waals surface area contributed by atoms with Gasteiger partial charge in [0.15, 0.2) is 0 Å². The fourth-order valence-electron chi connectivity index (χ4n) is 4.08. The van der Waals surface area contributed by atoms with Crippen molar-refractivity contribution in [3.05, 3.63) is 53.6 Å². The third kappa shape index (κ3) is 5.30. The summed E-state index contributed by atoms with van der Waals surface area (Å²) >= 11 is 0. The Balaban J connectivity index is 1.48. The van der Waals surface area contributed by atoms with Gasteiger partial charge in [0.1, 0.15) is 18.5 Å². The van der Waals surface area contributed by atoms with Crippen molar-refractivity contribution in [2.24, 2.45) is 0 Å². The standard InChI is InChI=1S/C23H19F6N3O3/c24-22(25,26)19-10-16(4-3-14(19)11-30)32-12-18(35-21(32)23(27,28)29)13-34-17-7-5-15(6-8-17)31-9-1-2-20(31)33/h3-8,10,18,21H,1-2,9,12-13H2/t18-,21-/m1/s1. The lowest BCUT2D eigenvalue weighted by Gasteiger charge is -2.27. The van der Waals surface area contributed by atoms with Crippen molar-refractivity contribution in [3.8, 4) is 11.8 Å². The molecule has 12 heteroatoms. The molecule has 0 radical (unpaired) electrons. The van der Waals surface area contributed by atoms with Crippen molar-refractivity contribution in [1.29, 1.82) is 5.26 Å². The van der Waals surface area contributed by atoms with Gasteiger partial charge in [-0.1, -0.05) is 0 Å². The summed E-state index contributed by atoms with van der Waals surface area (Å²) in [4.78, 5) is 14.1. The third-order valence-electron chi connectivity index (χ3n) is 5.70. The number of halogens is 6. The maximum Gasteiger partial charge on any atom is 0.433 e. The molecule has 6 nitrogen and oxygen atoms in total. The van der Waals surface area contributed by atoms with Gasteiger partial charge in [-0.05, 0) is 48.9 Å². The SMILES string of the molecule is N#Cc1ccc(N2C[C@H](COc3ccc(N4CCCC4=O)cc3)O[C@@H]2C(F)(F)F)cc1C(F)(F)F. The highest BCUT2D eigenvalue weighted by atomic mass is 19.4. The van der Waals surface area contributed by atoms with E-state index in [1.165, 1.54) is 6.07 Å². The molecule has 0 saturated carbocycles. The Morgan fingerprint density at radius 1 is 1.06 bits per heavy atom. The number of amides is 1. The van der Waals surface area contributed by atoms with Crippen LogP contribution in [0.2, 0.25) is 0 Å². The normalized spacial score (nSPS) is 20.9. The molecule has 2 atom stereocenters. The van der Waals surface area contributed by atoms with Crippen LogP contribution in [0.5, 0.6) is 5.75 Å². The summed E-state index contributed by atoms with van der Waals surface area (Å²) in [6, 6.07) is 10.2. The summed E-state index contributed by atoms with van der Waals surface area (Å²) in [6.45, 7) is -0.0593. The number of ether oxygens (including phenoxy) is 2. The minimum absolute atomic E-state index is 0.00721. The van der Waals surface area contributed by atoms with Gasteiger partial charge in [0, 0.05) is 24.3 Å². The summed E-state index contributed by atoms with van der Waals surface area (Å²) in [5.74, 6) is 0.344. The molecular weight excluding hydrogens is 480 g/mol. The summed E-state index contributed by atoms with van der Waals surface area (Å²) < 4.78 is 91.4. The van der Waals surface area contributed by atoms with E-state index in [4.69, 9.17) is 14.7 Å². The smallest absolute Gasteiger partial charge is 0.433 e. The lowest BCUT2D eigenvalue weighted by molar-refractivity contribution is -0.215. The predicted molar refractivity (Wildman–Crippen MR) is 112 cm³/mol. The number of hydrogen-bond donors (Lipinski definition) is 0. The number of alkyl halides is 6. The minimum atomic E-state index is -4.91. The Bertz CT molecular complexity index is 1130. The average molecular weight is 499 g/mol. The lowest BCUT2D eigenvalue weighted by atomic mass is 10.1. The van der Waals surface area contributed by atoms with E-state index in [0.29, 0.717) is 35.4 Å². The van der Waals surface area contributed by atoms with Gasteiger partial charge in [0.25, 0.3) is 0 Å². The zero-order valence-corrected chi connectivity index (χ0v) is 18.1. The molecule has 1 amide bonds. The van der Waals surface area contributed by atoms with Gasteiger partial charge < -0.3 is 19.3 Å². The van der Waals surface area contributed by atoms with E-state index in [2.05, 4.69) is 0 Å². The van der Waals surface area contributed by atoms with E-state index in [-0.39, 0.29) is 24.7 Å². The number of nitrogens with zero attached hydrogens (tertiary/aromatic N) is 3. The Labute approximate surface area is 196 Å². The van der Waals surface area contributed by atoms with Crippen molar-refractivity contribution in [2.75, 3.05) is 29.5 Å². The van der Waals surface area contributed by atoms with Crippen LogP contribution in [0.25, 0.3) is 0 Å². The molecule has 0 aromatic heterocycles. The van der Waals surface area contributed by atoms with E-state index in [9.17, 15) is 31.1 Å². The number of nitriles is 1. The quantitative estimate of drug-likeness (QED) is 0.549. The average Bonchev–Trinajstić information content (AvgIpc) is 3.43. The minimum Gasteiger partial charge on any atom is -0.491 e. The Morgan fingerprint density at radius 3 is 2.31 bits per heavy atom. The number of carbonyl (C=O) groups excluding carboxylic acids is 1. The van der Waals surface area contributed by atoms with Crippen LogP contribution >= 0.6 is 0 Å². The number of carbonyl (C=O) groups is 1. The molecule has 2 aromatic rings. The third-order valence-corrected chi connectivity index (χ3v) is 5.70. The molecule has 0 spiro atoms. The first-order valence-corrected chi connectivity index (χ1v) is 10.6. The maximum atomic E-state index is 13.6. The molecule has 0 bridgehead atoms. The largest absolute Gasteiger partial charge is 0.491 e. The van der Waals surface area contributed by atoms with Gasteiger partial charge in [-0.2, -0.15) is 31.6 Å².